The van der Waals surface area contributed by atoms with Gasteiger partial charge in [0, 0.05) is 11.3 Å². The summed E-state index contributed by atoms with van der Waals surface area (Å²) in [5.74, 6) is -0.257. The molecule has 1 aliphatic carbocycles. The van der Waals surface area contributed by atoms with E-state index in [2.05, 4.69) is 16.9 Å². The number of carbonyl (C=O) groups excluding carboxylic acids is 1. The summed E-state index contributed by atoms with van der Waals surface area (Å²) < 4.78 is 0. The molecule has 7 heteroatoms. The van der Waals surface area contributed by atoms with Gasteiger partial charge in [-0.05, 0) is 43.9 Å². The van der Waals surface area contributed by atoms with Crippen molar-refractivity contribution < 1.29 is 14.7 Å². The third kappa shape index (κ3) is 5.95. The predicted molar refractivity (Wildman–Crippen MR) is 81.0 cm³/mol. The molecule has 2 unspecified atom stereocenters. The minimum atomic E-state index is -0.974. The van der Waals surface area contributed by atoms with Gasteiger partial charge in [0.25, 0.3) is 0 Å². The van der Waals surface area contributed by atoms with E-state index >= 15 is 0 Å². The van der Waals surface area contributed by atoms with Gasteiger partial charge in [0.2, 0.25) is 0 Å². The van der Waals surface area contributed by atoms with Crippen LogP contribution in [0.3, 0.4) is 0 Å². The second kappa shape index (κ2) is 8.58. The fourth-order valence-corrected chi connectivity index (χ4v) is 3.43. The molecule has 1 fully saturated rings. The lowest BCUT2D eigenvalue weighted by Crippen LogP contribution is -2.48. The van der Waals surface area contributed by atoms with Crippen LogP contribution in [-0.4, -0.2) is 52.7 Å². The van der Waals surface area contributed by atoms with E-state index in [1.54, 1.807) is 11.8 Å². The summed E-state index contributed by atoms with van der Waals surface area (Å²) in [6, 6.07) is -0.988. The third-order valence-electron chi connectivity index (χ3n) is 3.27. The van der Waals surface area contributed by atoms with Crippen LogP contribution in [0, 0.1) is 0 Å². The summed E-state index contributed by atoms with van der Waals surface area (Å²) in [5, 5.41) is 15.1. The Hall–Kier alpha value is -0.560. The molecule has 0 aliphatic heterocycles. The van der Waals surface area contributed by atoms with Crippen molar-refractivity contribution in [3.8, 4) is 0 Å². The smallest absolute Gasteiger partial charge is 0.326 e. The highest BCUT2D eigenvalue weighted by Gasteiger charge is 2.26. The number of aliphatic carboxylic acids is 1. The van der Waals surface area contributed by atoms with E-state index in [0.29, 0.717) is 11.7 Å². The number of thioether (sulfide) groups is 2. The van der Waals surface area contributed by atoms with Gasteiger partial charge < -0.3 is 15.7 Å². The highest BCUT2D eigenvalue weighted by molar-refractivity contribution is 7.99. The van der Waals surface area contributed by atoms with E-state index in [4.69, 9.17) is 5.11 Å². The molecule has 0 saturated heterocycles. The monoisotopic (exact) mass is 306 g/mol. The van der Waals surface area contributed by atoms with Gasteiger partial charge in [0.05, 0.1) is 0 Å². The molecule has 1 saturated carbocycles. The van der Waals surface area contributed by atoms with E-state index in [0.717, 1.165) is 25.0 Å². The molecule has 3 atom stereocenters. The SMILES string of the molecule is CSCC[C@H](NC(=O)NC1CCC(SC)C1)C(=O)O. The number of urea groups is 1. The van der Waals surface area contributed by atoms with Crippen LogP contribution in [0.1, 0.15) is 25.7 Å². The highest BCUT2D eigenvalue weighted by Crippen LogP contribution is 2.27. The number of carboxylic acids is 1. The van der Waals surface area contributed by atoms with Crippen molar-refractivity contribution in [3.05, 3.63) is 0 Å². The second-order valence-corrected chi connectivity index (χ2v) is 6.78. The molecular formula is C12H22N2O3S2. The molecule has 110 valence electrons. The normalized spacial score (nSPS) is 23.9. The first kappa shape index (κ1) is 16.5. The lowest BCUT2D eigenvalue weighted by atomic mass is 10.2. The zero-order valence-electron chi connectivity index (χ0n) is 11.3. The van der Waals surface area contributed by atoms with Crippen LogP contribution in [0.4, 0.5) is 4.79 Å². The average Bonchev–Trinajstić information content (AvgIpc) is 2.81. The van der Waals surface area contributed by atoms with E-state index in [9.17, 15) is 9.59 Å². The minimum Gasteiger partial charge on any atom is -0.480 e. The number of carbonyl (C=O) groups is 2. The van der Waals surface area contributed by atoms with Crippen molar-refractivity contribution in [2.75, 3.05) is 18.3 Å². The van der Waals surface area contributed by atoms with E-state index < -0.39 is 12.0 Å². The lowest BCUT2D eigenvalue weighted by Gasteiger charge is -2.17. The van der Waals surface area contributed by atoms with Gasteiger partial charge in [-0.1, -0.05) is 0 Å². The van der Waals surface area contributed by atoms with Crippen LogP contribution < -0.4 is 10.6 Å². The van der Waals surface area contributed by atoms with Gasteiger partial charge >= 0.3 is 12.0 Å². The standard InChI is InChI=1S/C12H22N2O3S2/c1-18-6-5-10(11(15)16)14-12(17)13-8-3-4-9(7-8)19-2/h8-10H,3-7H2,1-2H3,(H,15,16)(H2,13,14,17)/t8?,9?,10-/m0/s1. The number of carboxylic acid groups (broad SMARTS) is 1. The first-order valence-corrected chi connectivity index (χ1v) is 9.06. The van der Waals surface area contributed by atoms with Gasteiger partial charge in [-0.15, -0.1) is 0 Å². The van der Waals surface area contributed by atoms with Crippen LogP contribution in [0.5, 0.6) is 0 Å². The van der Waals surface area contributed by atoms with Gasteiger partial charge in [0.1, 0.15) is 6.04 Å². The van der Waals surface area contributed by atoms with E-state index in [1.807, 2.05) is 18.0 Å². The maximum atomic E-state index is 11.8. The van der Waals surface area contributed by atoms with Crippen molar-refractivity contribution in [2.24, 2.45) is 0 Å². The third-order valence-corrected chi connectivity index (χ3v) is 5.01. The molecule has 0 aromatic carbocycles. The van der Waals surface area contributed by atoms with Gasteiger partial charge in [-0.25, -0.2) is 9.59 Å². The highest BCUT2D eigenvalue weighted by atomic mass is 32.2. The zero-order chi connectivity index (χ0) is 14.3. The van der Waals surface area contributed by atoms with E-state index in [1.165, 1.54) is 0 Å². The van der Waals surface area contributed by atoms with Crippen molar-refractivity contribution in [2.45, 2.75) is 43.0 Å². The number of hydrogen-bond donors (Lipinski definition) is 3. The Kier molecular flexibility index (Phi) is 7.45. The fraction of sp³-hybridized carbons (Fsp3) is 0.833. The maximum Gasteiger partial charge on any atom is 0.326 e. The van der Waals surface area contributed by atoms with E-state index in [-0.39, 0.29) is 12.1 Å². The molecule has 0 bridgehead atoms. The summed E-state index contributed by atoms with van der Waals surface area (Å²) in [7, 11) is 0. The van der Waals surface area contributed by atoms with Crippen molar-refractivity contribution >= 4 is 35.5 Å². The van der Waals surface area contributed by atoms with Crippen LogP contribution in [-0.2, 0) is 4.79 Å². The molecule has 0 aromatic rings. The van der Waals surface area contributed by atoms with Crippen LogP contribution in [0.25, 0.3) is 0 Å². The Morgan fingerprint density at radius 1 is 1.37 bits per heavy atom. The molecular weight excluding hydrogens is 284 g/mol. The molecule has 1 rings (SSSR count). The Morgan fingerprint density at radius 3 is 2.63 bits per heavy atom. The largest absolute Gasteiger partial charge is 0.480 e. The summed E-state index contributed by atoms with van der Waals surface area (Å²) in [5.41, 5.74) is 0. The van der Waals surface area contributed by atoms with Crippen molar-refractivity contribution in [1.82, 2.24) is 10.6 Å². The van der Waals surface area contributed by atoms with Crippen LogP contribution >= 0.6 is 23.5 Å². The second-order valence-electron chi connectivity index (χ2n) is 4.66. The van der Waals surface area contributed by atoms with Gasteiger partial charge in [-0.2, -0.15) is 23.5 Å². The average molecular weight is 306 g/mol. The summed E-state index contributed by atoms with van der Waals surface area (Å²) in [6.07, 6.45) is 7.50. The Bertz CT molecular complexity index is 315. The number of rotatable bonds is 7. The number of hydrogen-bond acceptors (Lipinski definition) is 4. The lowest BCUT2D eigenvalue weighted by molar-refractivity contribution is -0.139. The molecule has 5 nitrogen and oxygen atoms in total. The van der Waals surface area contributed by atoms with Gasteiger partial charge in [-0.3, -0.25) is 0 Å². The maximum absolute atomic E-state index is 11.8. The zero-order valence-corrected chi connectivity index (χ0v) is 13.0. The quantitative estimate of drug-likeness (QED) is 0.668. The molecule has 0 heterocycles. The summed E-state index contributed by atoms with van der Waals surface area (Å²) in [6.45, 7) is 0. The van der Waals surface area contributed by atoms with Crippen molar-refractivity contribution in [1.29, 1.82) is 0 Å². The Balaban J connectivity index is 2.34. The first-order valence-electron chi connectivity index (χ1n) is 6.38. The molecule has 19 heavy (non-hydrogen) atoms. The summed E-state index contributed by atoms with van der Waals surface area (Å²) in [4.78, 5) is 22.8. The number of nitrogens with one attached hydrogen (secondary N) is 2. The Labute approximate surface area is 122 Å². The summed E-state index contributed by atoms with van der Waals surface area (Å²) >= 11 is 3.40. The molecule has 1 aliphatic rings. The van der Waals surface area contributed by atoms with Crippen molar-refractivity contribution in [3.63, 3.8) is 0 Å². The predicted octanol–water partition coefficient (Wildman–Crippen LogP) is 1.78. The topological polar surface area (TPSA) is 78.4 Å². The van der Waals surface area contributed by atoms with Crippen LogP contribution in [0.2, 0.25) is 0 Å². The minimum absolute atomic E-state index is 0.174. The first-order chi connectivity index (χ1) is 9.06. The molecule has 3 N–H and O–H groups in total. The molecule has 2 amide bonds. The van der Waals surface area contributed by atoms with Crippen LogP contribution in [0.15, 0.2) is 0 Å². The van der Waals surface area contributed by atoms with Gasteiger partial charge in [0.15, 0.2) is 0 Å². The fourth-order valence-electron chi connectivity index (χ4n) is 2.16. The molecule has 0 radical (unpaired) electrons. The Morgan fingerprint density at radius 2 is 2.11 bits per heavy atom. The number of amides is 2. The molecule has 0 spiro atoms. The molecule has 0 aromatic heterocycles.